The minimum Gasteiger partial charge on any atom is -0.465 e. The van der Waals surface area contributed by atoms with Crippen molar-refractivity contribution in [3.8, 4) is 11.3 Å². The Morgan fingerprint density at radius 3 is 2.64 bits per heavy atom. The second-order valence-electron chi connectivity index (χ2n) is 8.80. The monoisotopic (exact) mass is 485 g/mol. The lowest BCUT2D eigenvalue weighted by atomic mass is 10.0. The Bertz CT molecular complexity index is 1300. The number of unbranched alkanes of at least 4 members (excludes halogenated alkanes) is 2. The molecule has 2 amide bonds. The van der Waals surface area contributed by atoms with Crippen molar-refractivity contribution < 1.29 is 14.7 Å². The molecule has 0 saturated heterocycles. The third-order valence-corrected chi connectivity index (χ3v) is 6.34. The summed E-state index contributed by atoms with van der Waals surface area (Å²) >= 11 is 0. The molecule has 36 heavy (non-hydrogen) atoms. The number of hydrogen-bond donors (Lipinski definition) is 3. The molecule has 4 rings (SSSR count). The lowest BCUT2D eigenvalue weighted by molar-refractivity contribution is -0.120. The molecule has 0 spiro atoms. The minimum atomic E-state index is -0.996. The normalized spacial score (nSPS) is 11.8. The number of pyridine rings is 1. The van der Waals surface area contributed by atoms with Gasteiger partial charge >= 0.3 is 6.09 Å². The van der Waals surface area contributed by atoms with Gasteiger partial charge in [0.1, 0.15) is 5.82 Å². The van der Waals surface area contributed by atoms with Crippen LogP contribution < -0.4 is 5.32 Å². The van der Waals surface area contributed by atoms with E-state index in [1.54, 1.807) is 19.4 Å². The number of carbonyl (C=O) groups excluding carboxylic acids is 1. The third-order valence-electron chi connectivity index (χ3n) is 6.34. The highest BCUT2D eigenvalue weighted by molar-refractivity contribution is 5.85. The number of carbonyl (C=O) groups is 2. The molecule has 2 aromatic heterocycles. The molecule has 4 aromatic rings. The van der Waals surface area contributed by atoms with E-state index < -0.39 is 12.1 Å². The van der Waals surface area contributed by atoms with Crippen molar-refractivity contribution in [3.05, 3.63) is 84.6 Å². The average Bonchev–Trinajstić information content (AvgIpc) is 3.40. The van der Waals surface area contributed by atoms with Gasteiger partial charge in [-0.3, -0.25) is 14.7 Å². The van der Waals surface area contributed by atoms with Crippen LogP contribution in [0.15, 0.2) is 73.2 Å². The molecule has 2 aromatic carbocycles. The smallest absolute Gasteiger partial charge is 0.408 e. The Balaban J connectivity index is 1.57. The summed E-state index contributed by atoms with van der Waals surface area (Å²) < 4.78 is 0. The summed E-state index contributed by atoms with van der Waals surface area (Å²) in [6.45, 7) is 0.261. The molecule has 0 saturated carbocycles. The van der Waals surface area contributed by atoms with Gasteiger partial charge in [0.15, 0.2) is 0 Å². The van der Waals surface area contributed by atoms with Crippen molar-refractivity contribution in [2.45, 2.75) is 44.7 Å². The first-order valence-corrected chi connectivity index (χ1v) is 12.2. The highest BCUT2D eigenvalue weighted by Crippen LogP contribution is 2.30. The minimum absolute atomic E-state index is 0.0176. The molecule has 1 unspecified atom stereocenters. The summed E-state index contributed by atoms with van der Waals surface area (Å²) in [7, 11) is 1.63. The van der Waals surface area contributed by atoms with Crippen molar-refractivity contribution >= 4 is 22.8 Å². The highest BCUT2D eigenvalue weighted by atomic mass is 16.4. The van der Waals surface area contributed by atoms with Gasteiger partial charge in [0.25, 0.3) is 0 Å². The topological polar surface area (TPSA) is 111 Å². The van der Waals surface area contributed by atoms with Crippen LogP contribution in [0.3, 0.4) is 0 Å². The number of amides is 2. The molecule has 3 N–H and O–H groups in total. The van der Waals surface area contributed by atoms with E-state index in [1.165, 1.54) is 4.90 Å². The van der Waals surface area contributed by atoms with Crippen molar-refractivity contribution in [1.29, 1.82) is 0 Å². The molecular weight excluding hydrogens is 454 g/mol. The Labute approximate surface area is 210 Å². The Morgan fingerprint density at radius 1 is 1.03 bits per heavy atom. The molecule has 0 radical (unpaired) electrons. The fourth-order valence-electron chi connectivity index (χ4n) is 4.36. The van der Waals surface area contributed by atoms with Crippen LogP contribution in [0.25, 0.3) is 22.0 Å². The lowest BCUT2D eigenvalue weighted by Gasteiger charge is -2.28. The van der Waals surface area contributed by atoms with Gasteiger partial charge in [-0.25, -0.2) is 9.78 Å². The molecule has 0 aliphatic heterocycles. The van der Waals surface area contributed by atoms with Gasteiger partial charge in [-0.1, -0.05) is 55.3 Å². The van der Waals surface area contributed by atoms with Crippen LogP contribution in [-0.4, -0.2) is 44.0 Å². The first-order valence-electron chi connectivity index (χ1n) is 12.2. The van der Waals surface area contributed by atoms with E-state index in [2.05, 4.69) is 20.3 Å². The maximum atomic E-state index is 12.4. The fourth-order valence-corrected chi connectivity index (χ4v) is 4.36. The maximum absolute atomic E-state index is 12.4. The molecule has 186 valence electrons. The summed E-state index contributed by atoms with van der Waals surface area (Å²) in [6.07, 6.45) is 7.78. The van der Waals surface area contributed by atoms with Crippen LogP contribution in [0.2, 0.25) is 0 Å². The summed E-state index contributed by atoms with van der Waals surface area (Å²) in [5, 5.41) is 14.9. The number of H-pyrrole nitrogens is 1. The molecule has 0 aliphatic carbocycles. The number of hydrogen-bond acceptors (Lipinski definition) is 4. The third kappa shape index (κ3) is 6.27. The largest absolute Gasteiger partial charge is 0.465 e. The number of rotatable bonds is 11. The molecule has 8 nitrogen and oxygen atoms in total. The SMILES string of the molecule is CNC(=O)CCCCCC(c1ncc(-c2ccc3ccncc3c2)[nH]1)N(Cc1ccccc1)C(=O)O. The van der Waals surface area contributed by atoms with E-state index in [0.717, 1.165) is 46.9 Å². The number of imidazole rings is 1. The van der Waals surface area contributed by atoms with E-state index in [-0.39, 0.29) is 12.5 Å². The number of nitrogens with one attached hydrogen (secondary N) is 2. The zero-order valence-electron chi connectivity index (χ0n) is 20.4. The van der Waals surface area contributed by atoms with Gasteiger partial charge in [0.2, 0.25) is 5.91 Å². The maximum Gasteiger partial charge on any atom is 0.408 e. The predicted molar refractivity (Wildman–Crippen MR) is 139 cm³/mol. The van der Waals surface area contributed by atoms with Crippen molar-refractivity contribution in [2.24, 2.45) is 0 Å². The van der Waals surface area contributed by atoms with Crippen LogP contribution in [0, 0.1) is 0 Å². The zero-order valence-corrected chi connectivity index (χ0v) is 20.4. The first-order chi connectivity index (χ1) is 17.5. The number of aromatic nitrogens is 3. The standard InChI is InChI=1S/C28H31N5O3/c1-29-26(34)11-7-3-6-10-25(33(28(35)36)19-20-8-4-2-5-9-20)27-31-18-24(32-27)22-13-12-21-14-15-30-17-23(21)16-22/h2,4-5,8-9,12-18,25H,3,6-7,10-11,19H2,1H3,(H,29,34)(H,31,32)(H,35,36). The van der Waals surface area contributed by atoms with Gasteiger partial charge < -0.3 is 15.4 Å². The second kappa shape index (κ2) is 12.0. The van der Waals surface area contributed by atoms with Gasteiger partial charge in [-0.2, -0.15) is 0 Å². The average molecular weight is 486 g/mol. The van der Waals surface area contributed by atoms with E-state index in [4.69, 9.17) is 0 Å². The number of carboxylic acid groups (broad SMARTS) is 1. The number of fused-ring (bicyclic) bond motifs is 1. The van der Waals surface area contributed by atoms with Crippen molar-refractivity contribution in [2.75, 3.05) is 7.05 Å². The summed E-state index contributed by atoms with van der Waals surface area (Å²) in [6, 6.07) is 17.2. The van der Waals surface area contributed by atoms with Crippen LogP contribution in [0.1, 0.15) is 49.5 Å². The van der Waals surface area contributed by atoms with E-state index in [0.29, 0.717) is 18.7 Å². The Kier molecular flexibility index (Phi) is 8.28. The van der Waals surface area contributed by atoms with Gasteiger partial charge in [0, 0.05) is 43.4 Å². The van der Waals surface area contributed by atoms with Crippen LogP contribution in [-0.2, 0) is 11.3 Å². The quantitative estimate of drug-likeness (QED) is 0.241. The molecule has 0 fully saturated rings. The highest BCUT2D eigenvalue weighted by Gasteiger charge is 2.27. The molecule has 1 atom stereocenters. The second-order valence-corrected chi connectivity index (χ2v) is 8.80. The molecule has 2 heterocycles. The van der Waals surface area contributed by atoms with Gasteiger partial charge in [-0.15, -0.1) is 0 Å². The fraction of sp³-hybridized carbons (Fsp3) is 0.286. The molecule has 0 aliphatic rings. The van der Waals surface area contributed by atoms with Gasteiger partial charge in [-0.05, 0) is 35.9 Å². The summed E-state index contributed by atoms with van der Waals surface area (Å²) in [5.74, 6) is 0.630. The Morgan fingerprint density at radius 2 is 1.86 bits per heavy atom. The predicted octanol–water partition coefficient (Wildman–Crippen LogP) is 5.54. The van der Waals surface area contributed by atoms with Crippen LogP contribution >= 0.6 is 0 Å². The van der Waals surface area contributed by atoms with E-state index >= 15 is 0 Å². The van der Waals surface area contributed by atoms with Crippen LogP contribution in [0.5, 0.6) is 0 Å². The number of aromatic amines is 1. The van der Waals surface area contributed by atoms with E-state index in [1.807, 2.05) is 60.8 Å². The van der Waals surface area contributed by atoms with Gasteiger partial charge in [0.05, 0.1) is 17.9 Å². The summed E-state index contributed by atoms with van der Waals surface area (Å²) in [5.41, 5.74) is 2.70. The molecule has 0 bridgehead atoms. The first kappa shape index (κ1) is 24.9. The number of nitrogens with zero attached hydrogens (tertiary/aromatic N) is 3. The lowest BCUT2D eigenvalue weighted by Crippen LogP contribution is -2.34. The Hall–Kier alpha value is -4.20. The van der Waals surface area contributed by atoms with Crippen molar-refractivity contribution in [1.82, 2.24) is 25.2 Å². The van der Waals surface area contributed by atoms with Crippen LogP contribution in [0.4, 0.5) is 4.79 Å². The number of benzene rings is 2. The van der Waals surface area contributed by atoms with E-state index in [9.17, 15) is 14.7 Å². The zero-order chi connectivity index (χ0) is 25.3. The van der Waals surface area contributed by atoms with Crippen molar-refractivity contribution in [3.63, 3.8) is 0 Å². The molecular formula is C28H31N5O3. The molecule has 8 heteroatoms. The summed E-state index contributed by atoms with van der Waals surface area (Å²) in [4.78, 5) is 37.6.